The highest BCUT2D eigenvalue weighted by Gasteiger charge is 2.29. The summed E-state index contributed by atoms with van der Waals surface area (Å²) in [6.07, 6.45) is -4.40. The zero-order valence-electron chi connectivity index (χ0n) is 16.5. The van der Waals surface area contributed by atoms with Crippen LogP contribution in [0, 0.1) is 13.8 Å². The van der Waals surface area contributed by atoms with Gasteiger partial charge in [0.2, 0.25) is 0 Å². The minimum absolute atomic E-state index is 0. The molecule has 0 aliphatic rings. The second-order valence-electron chi connectivity index (χ2n) is 5.92. The highest BCUT2D eigenvalue weighted by molar-refractivity contribution is 14.0. The van der Waals surface area contributed by atoms with Gasteiger partial charge in [-0.15, -0.1) is 35.3 Å². The zero-order chi connectivity index (χ0) is 20.7. The van der Waals surface area contributed by atoms with Gasteiger partial charge in [-0.05, 0) is 31.5 Å². The number of thiazole rings is 1. The summed E-state index contributed by atoms with van der Waals surface area (Å²) in [5, 5.41) is 7.29. The standard InChI is InChI=1S/C18H23F3N4O2S.HI/c1-11-12(2)28-16(25-11)9-24-17(22-3)23-8-13-5-6-14(15(7-13)26-4)27-10-18(19,20)21;/h5-7H,8-10H2,1-4H3,(H2,22,23,24);1H. The van der Waals surface area contributed by atoms with E-state index in [0.717, 1.165) is 16.3 Å². The fraction of sp³-hybridized carbons (Fsp3) is 0.444. The quantitative estimate of drug-likeness (QED) is 0.311. The molecule has 0 aliphatic carbocycles. The first-order valence-corrected chi connectivity index (χ1v) is 9.27. The van der Waals surface area contributed by atoms with Crippen LogP contribution in [0.3, 0.4) is 0 Å². The first-order valence-electron chi connectivity index (χ1n) is 8.45. The molecule has 0 spiro atoms. The fourth-order valence-electron chi connectivity index (χ4n) is 2.28. The molecule has 6 nitrogen and oxygen atoms in total. The molecule has 0 saturated carbocycles. The van der Waals surface area contributed by atoms with Crippen molar-refractivity contribution in [2.75, 3.05) is 20.8 Å². The molecule has 0 unspecified atom stereocenters. The molecule has 29 heavy (non-hydrogen) atoms. The van der Waals surface area contributed by atoms with Crippen LogP contribution < -0.4 is 20.1 Å². The maximum atomic E-state index is 12.3. The number of nitrogens with zero attached hydrogens (tertiary/aromatic N) is 2. The third kappa shape index (κ3) is 8.25. The van der Waals surface area contributed by atoms with Crippen molar-refractivity contribution in [2.24, 2.45) is 4.99 Å². The number of guanidine groups is 1. The number of ether oxygens (including phenoxy) is 2. The van der Waals surface area contributed by atoms with E-state index < -0.39 is 12.8 Å². The molecule has 2 aromatic rings. The molecule has 0 radical (unpaired) electrons. The number of aryl methyl sites for hydroxylation is 2. The number of methoxy groups -OCH3 is 1. The highest BCUT2D eigenvalue weighted by atomic mass is 127. The number of aromatic nitrogens is 1. The molecule has 0 atom stereocenters. The Morgan fingerprint density at radius 2 is 1.86 bits per heavy atom. The van der Waals surface area contributed by atoms with Crippen molar-refractivity contribution in [1.29, 1.82) is 0 Å². The number of benzene rings is 1. The third-order valence-corrected chi connectivity index (χ3v) is 4.86. The smallest absolute Gasteiger partial charge is 0.422 e. The van der Waals surface area contributed by atoms with Crippen molar-refractivity contribution < 1.29 is 22.6 Å². The Balaban J connectivity index is 0.00000420. The summed E-state index contributed by atoms with van der Waals surface area (Å²) in [4.78, 5) is 9.80. The van der Waals surface area contributed by atoms with Crippen molar-refractivity contribution in [3.8, 4) is 11.5 Å². The van der Waals surface area contributed by atoms with Gasteiger partial charge in [-0.1, -0.05) is 6.07 Å². The maximum absolute atomic E-state index is 12.3. The van der Waals surface area contributed by atoms with Crippen LogP contribution in [0.2, 0.25) is 0 Å². The van der Waals surface area contributed by atoms with E-state index in [4.69, 9.17) is 9.47 Å². The van der Waals surface area contributed by atoms with Crippen LogP contribution in [-0.4, -0.2) is 37.9 Å². The number of aliphatic imine (C=N–C) groups is 1. The lowest BCUT2D eigenvalue weighted by Crippen LogP contribution is -2.36. The Morgan fingerprint density at radius 1 is 1.17 bits per heavy atom. The second kappa shape index (κ2) is 11.4. The predicted octanol–water partition coefficient (Wildman–Crippen LogP) is 4.19. The molecular formula is C18H24F3IN4O2S. The van der Waals surface area contributed by atoms with E-state index in [9.17, 15) is 13.2 Å². The Kier molecular flexibility index (Phi) is 9.96. The molecular weight excluding hydrogens is 520 g/mol. The number of hydrogen-bond donors (Lipinski definition) is 2. The van der Waals surface area contributed by atoms with Crippen molar-refractivity contribution in [3.05, 3.63) is 39.3 Å². The van der Waals surface area contributed by atoms with E-state index in [0.29, 0.717) is 19.0 Å². The van der Waals surface area contributed by atoms with E-state index in [1.165, 1.54) is 18.1 Å². The van der Waals surface area contributed by atoms with Crippen LogP contribution in [-0.2, 0) is 13.1 Å². The van der Waals surface area contributed by atoms with Gasteiger partial charge in [-0.3, -0.25) is 4.99 Å². The summed E-state index contributed by atoms with van der Waals surface area (Å²) < 4.78 is 46.9. The third-order valence-electron chi connectivity index (χ3n) is 3.78. The topological polar surface area (TPSA) is 67.8 Å². The molecule has 0 aliphatic heterocycles. The number of halogens is 4. The van der Waals surface area contributed by atoms with Crippen LogP contribution in [0.4, 0.5) is 13.2 Å². The van der Waals surface area contributed by atoms with Crippen LogP contribution in [0.25, 0.3) is 0 Å². The molecule has 1 aromatic heterocycles. The molecule has 0 saturated heterocycles. The van der Waals surface area contributed by atoms with Crippen LogP contribution >= 0.6 is 35.3 Å². The number of nitrogens with one attached hydrogen (secondary N) is 2. The number of hydrogen-bond acceptors (Lipinski definition) is 5. The fourth-order valence-corrected chi connectivity index (χ4v) is 3.15. The van der Waals surface area contributed by atoms with E-state index in [-0.39, 0.29) is 35.5 Å². The lowest BCUT2D eigenvalue weighted by molar-refractivity contribution is -0.153. The van der Waals surface area contributed by atoms with Gasteiger partial charge in [0.05, 0.1) is 19.3 Å². The molecule has 0 amide bonds. The van der Waals surface area contributed by atoms with Gasteiger partial charge < -0.3 is 20.1 Å². The summed E-state index contributed by atoms with van der Waals surface area (Å²) in [6, 6.07) is 4.75. The zero-order valence-corrected chi connectivity index (χ0v) is 19.7. The molecule has 162 valence electrons. The average molecular weight is 544 g/mol. The van der Waals surface area contributed by atoms with E-state index in [2.05, 4.69) is 20.6 Å². The first kappa shape index (κ1) is 25.3. The van der Waals surface area contributed by atoms with Crippen LogP contribution in [0.5, 0.6) is 11.5 Å². The molecule has 2 N–H and O–H groups in total. The Hall–Kier alpha value is -1.76. The van der Waals surface area contributed by atoms with Gasteiger partial charge in [-0.2, -0.15) is 13.2 Å². The van der Waals surface area contributed by atoms with Crippen molar-refractivity contribution in [1.82, 2.24) is 15.6 Å². The van der Waals surface area contributed by atoms with Gasteiger partial charge in [-0.25, -0.2) is 4.98 Å². The van der Waals surface area contributed by atoms with Crippen LogP contribution in [0.15, 0.2) is 23.2 Å². The molecule has 0 bridgehead atoms. The summed E-state index contributed by atoms with van der Waals surface area (Å²) in [6.45, 7) is 3.59. The van der Waals surface area contributed by atoms with Gasteiger partial charge >= 0.3 is 6.18 Å². The van der Waals surface area contributed by atoms with Gasteiger partial charge in [0.1, 0.15) is 5.01 Å². The minimum Gasteiger partial charge on any atom is -0.493 e. The Bertz CT molecular complexity index is 808. The summed E-state index contributed by atoms with van der Waals surface area (Å²) >= 11 is 1.63. The maximum Gasteiger partial charge on any atom is 0.422 e. The minimum atomic E-state index is -4.40. The summed E-state index contributed by atoms with van der Waals surface area (Å²) in [7, 11) is 3.04. The van der Waals surface area contributed by atoms with Gasteiger partial charge in [0, 0.05) is 18.5 Å². The summed E-state index contributed by atoms with van der Waals surface area (Å²) in [5.74, 6) is 0.864. The lowest BCUT2D eigenvalue weighted by atomic mass is 10.2. The van der Waals surface area contributed by atoms with E-state index >= 15 is 0 Å². The molecule has 0 fully saturated rings. The van der Waals surface area contributed by atoms with Crippen molar-refractivity contribution in [2.45, 2.75) is 33.1 Å². The highest BCUT2D eigenvalue weighted by Crippen LogP contribution is 2.29. The SMILES string of the molecule is CN=C(NCc1ccc(OCC(F)(F)F)c(OC)c1)NCc1nc(C)c(C)s1.I. The predicted molar refractivity (Wildman–Crippen MR) is 119 cm³/mol. The Morgan fingerprint density at radius 3 is 2.41 bits per heavy atom. The lowest BCUT2D eigenvalue weighted by Gasteiger charge is -2.15. The largest absolute Gasteiger partial charge is 0.493 e. The molecule has 11 heteroatoms. The normalized spacial score (nSPS) is 11.6. The van der Waals surface area contributed by atoms with Crippen molar-refractivity contribution in [3.63, 3.8) is 0 Å². The van der Waals surface area contributed by atoms with Crippen LogP contribution in [0.1, 0.15) is 21.1 Å². The van der Waals surface area contributed by atoms with E-state index in [1.54, 1.807) is 30.5 Å². The second-order valence-corrected chi connectivity index (χ2v) is 7.21. The monoisotopic (exact) mass is 544 g/mol. The molecule has 1 heterocycles. The van der Waals surface area contributed by atoms with Gasteiger partial charge in [0.25, 0.3) is 0 Å². The van der Waals surface area contributed by atoms with Gasteiger partial charge in [0.15, 0.2) is 24.1 Å². The summed E-state index contributed by atoms with van der Waals surface area (Å²) in [5.41, 5.74) is 1.82. The Labute approximate surface area is 188 Å². The van der Waals surface area contributed by atoms with E-state index in [1.807, 2.05) is 13.8 Å². The van der Waals surface area contributed by atoms with Crippen molar-refractivity contribution >= 4 is 41.3 Å². The number of rotatable bonds is 7. The molecule has 1 aromatic carbocycles. The first-order chi connectivity index (χ1) is 13.2. The molecule has 2 rings (SSSR count). The number of alkyl halides is 3. The average Bonchev–Trinajstić information content (AvgIpc) is 2.97.